The fraction of sp³-hybridized carbons (Fsp3) is 0.500. The van der Waals surface area contributed by atoms with Crippen LogP contribution in [0.3, 0.4) is 0 Å². The molecule has 4 rings (SSSR count). The number of halogens is 1. The Bertz CT molecular complexity index is 802. The van der Waals surface area contributed by atoms with Crippen LogP contribution >= 0.6 is 23.4 Å². The van der Waals surface area contributed by atoms with Crippen LogP contribution in [0.2, 0.25) is 5.02 Å². The fourth-order valence-electron chi connectivity index (χ4n) is 3.95. The first-order valence-electron chi connectivity index (χ1n) is 8.76. The van der Waals surface area contributed by atoms with E-state index in [9.17, 15) is 14.4 Å². The Labute approximate surface area is 161 Å². The summed E-state index contributed by atoms with van der Waals surface area (Å²) in [5, 5.41) is 3.30. The number of nitrogens with zero attached hydrogens (tertiary/aromatic N) is 2. The van der Waals surface area contributed by atoms with E-state index in [2.05, 4.69) is 5.32 Å². The van der Waals surface area contributed by atoms with E-state index in [0.717, 1.165) is 12.8 Å². The number of rotatable bonds is 3. The molecule has 0 saturated carbocycles. The normalized spacial score (nSPS) is 28.0. The van der Waals surface area contributed by atoms with Gasteiger partial charge in [-0.1, -0.05) is 11.6 Å². The average molecular weight is 394 g/mol. The van der Waals surface area contributed by atoms with E-state index >= 15 is 0 Å². The molecule has 0 unspecified atom stereocenters. The number of amides is 3. The lowest BCUT2D eigenvalue weighted by atomic mass is 10.2. The summed E-state index contributed by atoms with van der Waals surface area (Å²) in [6.07, 6.45) is 2.65. The van der Waals surface area contributed by atoms with Crippen LogP contribution in [0.4, 0.5) is 11.4 Å². The summed E-state index contributed by atoms with van der Waals surface area (Å²) in [5.41, 5.74) is 1.24. The minimum absolute atomic E-state index is 0.0403. The summed E-state index contributed by atoms with van der Waals surface area (Å²) < 4.78 is 0. The van der Waals surface area contributed by atoms with E-state index in [4.69, 9.17) is 11.6 Å². The molecule has 0 radical (unpaired) electrons. The van der Waals surface area contributed by atoms with Gasteiger partial charge in [-0.25, -0.2) is 0 Å². The quantitative estimate of drug-likeness (QED) is 0.857. The molecule has 26 heavy (non-hydrogen) atoms. The van der Waals surface area contributed by atoms with Crippen LogP contribution in [0.15, 0.2) is 18.2 Å². The molecule has 3 aliphatic heterocycles. The standard InChI is InChI=1S/C18H20ClN3O3S/c1-18-7-6-16(24)22(18)14(10-26-18)17(25)20-11-4-5-13(12(19)9-11)21-8-2-3-15(21)23/h4-5,9,14H,2-3,6-8,10H2,1H3,(H,20,25)/t14-,18+/m0/s1. The van der Waals surface area contributed by atoms with Crippen molar-refractivity contribution >= 4 is 52.5 Å². The largest absolute Gasteiger partial charge is 0.324 e. The molecule has 8 heteroatoms. The Morgan fingerprint density at radius 3 is 2.81 bits per heavy atom. The van der Waals surface area contributed by atoms with Crippen LogP contribution in [0.1, 0.15) is 32.6 Å². The molecule has 0 aliphatic carbocycles. The van der Waals surface area contributed by atoms with Crippen LogP contribution in [0.5, 0.6) is 0 Å². The van der Waals surface area contributed by atoms with Crippen molar-refractivity contribution in [1.82, 2.24) is 4.90 Å². The summed E-state index contributed by atoms with van der Waals surface area (Å²) in [6, 6.07) is 4.71. The van der Waals surface area contributed by atoms with Crippen LogP contribution in [-0.4, -0.2) is 45.8 Å². The molecule has 1 aromatic carbocycles. The number of fused-ring (bicyclic) bond motifs is 1. The van der Waals surface area contributed by atoms with Crippen LogP contribution in [0, 0.1) is 0 Å². The second-order valence-electron chi connectivity index (χ2n) is 7.07. The van der Waals surface area contributed by atoms with Gasteiger partial charge in [-0.2, -0.15) is 0 Å². The van der Waals surface area contributed by atoms with Crippen molar-refractivity contribution in [2.45, 2.75) is 43.5 Å². The van der Waals surface area contributed by atoms with E-state index in [1.807, 2.05) is 6.92 Å². The highest BCUT2D eigenvalue weighted by atomic mass is 35.5. The number of thioether (sulfide) groups is 1. The SMILES string of the molecule is C[C@@]12CCC(=O)N1[C@H](C(=O)Nc1ccc(N3CCCC3=O)c(Cl)c1)CS2. The van der Waals surface area contributed by atoms with Crippen LogP contribution in [-0.2, 0) is 14.4 Å². The van der Waals surface area contributed by atoms with Crippen LogP contribution < -0.4 is 10.2 Å². The molecular formula is C18H20ClN3O3S. The molecular weight excluding hydrogens is 374 g/mol. The lowest BCUT2D eigenvalue weighted by molar-refractivity contribution is -0.135. The maximum Gasteiger partial charge on any atom is 0.248 e. The maximum atomic E-state index is 12.7. The number of hydrogen-bond donors (Lipinski definition) is 1. The third-order valence-corrected chi connectivity index (χ3v) is 7.13. The van der Waals surface area contributed by atoms with E-state index in [1.54, 1.807) is 39.8 Å². The molecule has 1 N–H and O–H groups in total. The highest BCUT2D eigenvalue weighted by Crippen LogP contribution is 2.47. The van der Waals surface area contributed by atoms with Gasteiger partial charge in [0.2, 0.25) is 17.7 Å². The van der Waals surface area contributed by atoms with E-state index in [1.165, 1.54) is 0 Å². The number of hydrogen-bond acceptors (Lipinski definition) is 4. The lowest BCUT2D eigenvalue weighted by Crippen LogP contribution is -2.48. The number of carbonyl (C=O) groups excluding carboxylic acids is 3. The van der Waals surface area contributed by atoms with Crippen molar-refractivity contribution in [3.8, 4) is 0 Å². The first-order valence-corrected chi connectivity index (χ1v) is 10.1. The minimum atomic E-state index is -0.460. The Morgan fingerprint density at radius 2 is 2.12 bits per heavy atom. The predicted octanol–water partition coefficient (Wildman–Crippen LogP) is 2.86. The number of nitrogens with one attached hydrogen (secondary N) is 1. The van der Waals surface area contributed by atoms with Crippen molar-refractivity contribution in [2.24, 2.45) is 0 Å². The van der Waals surface area contributed by atoms with Crippen molar-refractivity contribution in [3.63, 3.8) is 0 Å². The Kier molecular flexibility index (Phi) is 4.39. The lowest BCUT2D eigenvalue weighted by Gasteiger charge is -2.29. The van der Waals surface area contributed by atoms with Gasteiger partial charge in [-0.15, -0.1) is 11.8 Å². The van der Waals surface area contributed by atoms with E-state index in [0.29, 0.717) is 41.5 Å². The van der Waals surface area contributed by atoms with E-state index < -0.39 is 6.04 Å². The zero-order chi connectivity index (χ0) is 18.5. The minimum Gasteiger partial charge on any atom is -0.324 e. The number of carbonyl (C=O) groups is 3. The molecule has 2 atom stereocenters. The number of benzene rings is 1. The third kappa shape index (κ3) is 2.87. The fourth-order valence-corrected chi connectivity index (χ4v) is 5.66. The Hall–Kier alpha value is -1.73. The molecule has 3 heterocycles. The number of anilines is 2. The maximum absolute atomic E-state index is 12.7. The summed E-state index contributed by atoms with van der Waals surface area (Å²) in [6.45, 7) is 2.69. The second-order valence-corrected chi connectivity index (χ2v) is 8.98. The smallest absolute Gasteiger partial charge is 0.248 e. The van der Waals surface area contributed by atoms with Gasteiger partial charge in [-0.05, 0) is 38.0 Å². The second kappa shape index (κ2) is 6.46. The highest BCUT2D eigenvalue weighted by Gasteiger charge is 2.52. The van der Waals surface area contributed by atoms with Crippen LogP contribution in [0.25, 0.3) is 0 Å². The van der Waals surface area contributed by atoms with Crippen molar-refractivity contribution < 1.29 is 14.4 Å². The van der Waals surface area contributed by atoms with Gasteiger partial charge in [0.25, 0.3) is 0 Å². The van der Waals surface area contributed by atoms with Crippen molar-refractivity contribution in [1.29, 1.82) is 0 Å². The molecule has 3 saturated heterocycles. The summed E-state index contributed by atoms with van der Waals surface area (Å²) in [4.78, 5) is 39.9. The van der Waals surface area contributed by atoms with Gasteiger partial charge in [0.1, 0.15) is 6.04 Å². The molecule has 138 valence electrons. The van der Waals surface area contributed by atoms with Gasteiger partial charge in [0.15, 0.2) is 0 Å². The predicted molar refractivity (Wildman–Crippen MR) is 102 cm³/mol. The molecule has 3 amide bonds. The van der Waals surface area contributed by atoms with Gasteiger partial charge in [-0.3, -0.25) is 14.4 Å². The molecule has 3 aliphatic rings. The Balaban J connectivity index is 1.49. The first kappa shape index (κ1) is 17.7. The van der Waals surface area contributed by atoms with Gasteiger partial charge < -0.3 is 15.1 Å². The molecule has 6 nitrogen and oxygen atoms in total. The summed E-state index contributed by atoms with van der Waals surface area (Å²) in [5.74, 6) is 0.511. The monoisotopic (exact) mass is 393 g/mol. The van der Waals surface area contributed by atoms with Crippen molar-refractivity contribution in [3.05, 3.63) is 23.2 Å². The zero-order valence-electron chi connectivity index (χ0n) is 14.5. The van der Waals surface area contributed by atoms with E-state index in [-0.39, 0.29) is 22.6 Å². The summed E-state index contributed by atoms with van der Waals surface area (Å²) in [7, 11) is 0. The third-order valence-electron chi connectivity index (χ3n) is 5.33. The highest BCUT2D eigenvalue weighted by molar-refractivity contribution is 8.01. The molecule has 1 aromatic rings. The average Bonchev–Trinajstić information content (AvgIpc) is 3.24. The molecule has 0 bridgehead atoms. The first-order chi connectivity index (χ1) is 12.4. The van der Waals surface area contributed by atoms with Crippen molar-refractivity contribution in [2.75, 3.05) is 22.5 Å². The Morgan fingerprint density at radius 1 is 1.31 bits per heavy atom. The van der Waals surface area contributed by atoms with Gasteiger partial charge in [0, 0.05) is 30.8 Å². The molecule has 3 fully saturated rings. The van der Waals surface area contributed by atoms with Gasteiger partial charge in [0.05, 0.1) is 15.6 Å². The molecule has 0 aromatic heterocycles. The van der Waals surface area contributed by atoms with Gasteiger partial charge >= 0.3 is 0 Å². The molecule has 0 spiro atoms. The zero-order valence-corrected chi connectivity index (χ0v) is 16.0. The summed E-state index contributed by atoms with van der Waals surface area (Å²) >= 11 is 8.00. The topological polar surface area (TPSA) is 69.7 Å².